The molecule has 0 bridgehead atoms. The molecule has 1 heteroatoms. The summed E-state index contributed by atoms with van der Waals surface area (Å²) < 4.78 is 0. The zero-order valence-electron chi connectivity index (χ0n) is 10.2. The quantitative estimate of drug-likeness (QED) is 0.602. The van der Waals surface area contributed by atoms with Crippen LogP contribution in [-0.2, 0) is 0 Å². The van der Waals surface area contributed by atoms with Gasteiger partial charge in [0, 0.05) is 12.4 Å². The first-order valence-electron chi connectivity index (χ1n) is 5.74. The molecule has 1 aliphatic rings. The highest BCUT2D eigenvalue weighted by Gasteiger charge is 1.95. The SMILES string of the molecule is C1=Cc2ccncc2C=CC1.CC.CC. The Hall–Kier alpha value is -1.37. The molecular formula is C14H21N. The molecular weight excluding hydrogens is 182 g/mol. The van der Waals surface area contributed by atoms with E-state index in [1.54, 1.807) is 0 Å². The lowest BCUT2D eigenvalue weighted by Gasteiger charge is -1.95. The Kier molecular flexibility index (Phi) is 8.36. The lowest BCUT2D eigenvalue weighted by atomic mass is 10.1. The monoisotopic (exact) mass is 203 g/mol. The van der Waals surface area contributed by atoms with Crippen molar-refractivity contribution in [1.29, 1.82) is 0 Å². The molecule has 1 nitrogen and oxygen atoms in total. The zero-order chi connectivity index (χ0) is 11.5. The van der Waals surface area contributed by atoms with E-state index in [-0.39, 0.29) is 0 Å². The van der Waals surface area contributed by atoms with Crippen molar-refractivity contribution in [3.63, 3.8) is 0 Å². The van der Waals surface area contributed by atoms with Gasteiger partial charge < -0.3 is 0 Å². The Morgan fingerprint density at radius 2 is 1.53 bits per heavy atom. The molecule has 82 valence electrons. The van der Waals surface area contributed by atoms with Crippen LogP contribution in [0.5, 0.6) is 0 Å². The van der Waals surface area contributed by atoms with Gasteiger partial charge in [0.25, 0.3) is 0 Å². The summed E-state index contributed by atoms with van der Waals surface area (Å²) in [6.07, 6.45) is 13.3. The minimum atomic E-state index is 1.02. The fraction of sp³-hybridized carbons (Fsp3) is 0.357. The van der Waals surface area contributed by atoms with Crippen molar-refractivity contribution in [2.75, 3.05) is 0 Å². The normalized spacial score (nSPS) is 11.2. The van der Waals surface area contributed by atoms with E-state index in [9.17, 15) is 0 Å². The number of hydrogen-bond acceptors (Lipinski definition) is 1. The van der Waals surface area contributed by atoms with Crippen molar-refractivity contribution in [2.24, 2.45) is 0 Å². The van der Waals surface area contributed by atoms with Gasteiger partial charge in [-0.05, 0) is 23.6 Å². The number of aromatic nitrogens is 1. The fourth-order valence-corrected chi connectivity index (χ4v) is 1.18. The largest absolute Gasteiger partial charge is 0.264 e. The van der Waals surface area contributed by atoms with Gasteiger partial charge >= 0.3 is 0 Å². The van der Waals surface area contributed by atoms with E-state index in [4.69, 9.17) is 0 Å². The van der Waals surface area contributed by atoms with Crippen LogP contribution >= 0.6 is 0 Å². The van der Waals surface area contributed by atoms with Crippen LogP contribution in [0.25, 0.3) is 12.2 Å². The second-order valence-electron chi connectivity index (χ2n) is 2.55. The smallest absolute Gasteiger partial charge is 0.0346 e. The first kappa shape index (κ1) is 13.6. The highest BCUT2D eigenvalue weighted by molar-refractivity contribution is 5.66. The molecule has 0 fully saturated rings. The van der Waals surface area contributed by atoms with Crippen LogP contribution in [0.3, 0.4) is 0 Å². The minimum Gasteiger partial charge on any atom is -0.264 e. The van der Waals surface area contributed by atoms with Crippen molar-refractivity contribution >= 4 is 12.2 Å². The van der Waals surface area contributed by atoms with E-state index in [2.05, 4.69) is 29.3 Å². The molecule has 0 atom stereocenters. The Balaban J connectivity index is 0.000000442. The Morgan fingerprint density at radius 3 is 2.20 bits per heavy atom. The third-order valence-corrected chi connectivity index (χ3v) is 1.75. The maximum atomic E-state index is 4.05. The summed E-state index contributed by atoms with van der Waals surface area (Å²) in [5.41, 5.74) is 2.47. The molecule has 0 N–H and O–H groups in total. The summed E-state index contributed by atoms with van der Waals surface area (Å²) in [7, 11) is 0. The highest BCUT2D eigenvalue weighted by Crippen LogP contribution is 2.14. The first-order valence-corrected chi connectivity index (χ1v) is 5.74. The van der Waals surface area contributed by atoms with Crippen LogP contribution in [0.15, 0.2) is 30.6 Å². The summed E-state index contributed by atoms with van der Waals surface area (Å²) in [5, 5.41) is 0. The molecule has 2 rings (SSSR count). The van der Waals surface area contributed by atoms with Crippen LogP contribution in [-0.4, -0.2) is 4.98 Å². The Morgan fingerprint density at radius 1 is 0.933 bits per heavy atom. The van der Waals surface area contributed by atoms with Crippen molar-refractivity contribution in [3.8, 4) is 0 Å². The molecule has 0 aliphatic heterocycles. The third kappa shape index (κ3) is 4.59. The summed E-state index contributed by atoms with van der Waals surface area (Å²) in [4.78, 5) is 4.05. The standard InChI is InChI=1S/C10H9N.2C2H6/c1-2-4-9-6-7-11-8-10(9)5-3-1;2*1-2/h2-8H,1H2;2*1-2H3. The molecule has 1 aliphatic carbocycles. The number of pyridine rings is 1. The lowest BCUT2D eigenvalue weighted by molar-refractivity contribution is 1.31. The number of rotatable bonds is 0. The Labute approximate surface area is 93.6 Å². The second-order valence-corrected chi connectivity index (χ2v) is 2.55. The van der Waals surface area contributed by atoms with Crippen LogP contribution in [0.1, 0.15) is 45.2 Å². The van der Waals surface area contributed by atoms with E-state index in [1.165, 1.54) is 11.1 Å². The van der Waals surface area contributed by atoms with E-state index in [1.807, 2.05) is 46.2 Å². The molecule has 0 radical (unpaired) electrons. The van der Waals surface area contributed by atoms with E-state index >= 15 is 0 Å². The molecule has 0 saturated heterocycles. The lowest BCUT2D eigenvalue weighted by Crippen LogP contribution is -1.79. The van der Waals surface area contributed by atoms with Gasteiger partial charge in [-0.15, -0.1) is 0 Å². The molecule has 1 heterocycles. The fourth-order valence-electron chi connectivity index (χ4n) is 1.18. The molecule has 0 saturated carbocycles. The first-order chi connectivity index (χ1) is 7.47. The summed E-state index contributed by atoms with van der Waals surface area (Å²) >= 11 is 0. The zero-order valence-corrected chi connectivity index (χ0v) is 10.2. The van der Waals surface area contributed by atoms with Crippen molar-refractivity contribution in [1.82, 2.24) is 4.98 Å². The van der Waals surface area contributed by atoms with Crippen LogP contribution < -0.4 is 0 Å². The number of hydrogen-bond donors (Lipinski definition) is 0. The number of nitrogens with zero attached hydrogens (tertiary/aromatic N) is 1. The molecule has 1 aromatic rings. The molecule has 0 spiro atoms. The average Bonchev–Trinajstić information content (AvgIpc) is 2.59. The van der Waals surface area contributed by atoms with Crippen molar-refractivity contribution in [3.05, 3.63) is 41.7 Å². The maximum Gasteiger partial charge on any atom is 0.0346 e. The third-order valence-electron chi connectivity index (χ3n) is 1.75. The van der Waals surface area contributed by atoms with Gasteiger partial charge in [0.1, 0.15) is 0 Å². The van der Waals surface area contributed by atoms with Gasteiger partial charge in [-0.1, -0.05) is 52.0 Å². The van der Waals surface area contributed by atoms with Crippen LogP contribution in [0, 0.1) is 0 Å². The van der Waals surface area contributed by atoms with Gasteiger partial charge in [-0.2, -0.15) is 0 Å². The number of allylic oxidation sites excluding steroid dienone is 2. The van der Waals surface area contributed by atoms with Crippen molar-refractivity contribution < 1.29 is 0 Å². The number of fused-ring (bicyclic) bond motifs is 1. The molecule has 0 aromatic carbocycles. The summed E-state index contributed by atoms with van der Waals surface area (Å²) in [6, 6.07) is 2.03. The predicted octanol–water partition coefficient (Wildman–Crippen LogP) is 4.56. The van der Waals surface area contributed by atoms with Gasteiger partial charge in [0.15, 0.2) is 0 Å². The second kappa shape index (κ2) is 9.20. The maximum absolute atomic E-state index is 4.05. The summed E-state index contributed by atoms with van der Waals surface area (Å²) in [5.74, 6) is 0. The van der Waals surface area contributed by atoms with Gasteiger partial charge in [0.05, 0.1) is 0 Å². The van der Waals surface area contributed by atoms with E-state index in [0.29, 0.717) is 0 Å². The minimum absolute atomic E-state index is 1.02. The van der Waals surface area contributed by atoms with Crippen molar-refractivity contribution in [2.45, 2.75) is 34.1 Å². The van der Waals surface area contributed by atoms with Crippen LogP contribution in [0.2, 0.25) is 0 Å². The molecule has 1 aromatic heterocycles. The van der Waals surface area contributed by atoms with E-state index < -0.39 is 0 Å². The van der Waals surface area contributed by atoms with Gasteiger partial charge in [0.2, 0.25) is 0 Å². The highest BCUT2D eigenvalue weighted by atomic mass is 14.6. The van der Waals surface area contributed by atoms with E-state index in [0.717, 1.165) is 6.42 Å². The van der Waals surface area contributed by atoms with Crippen LogP contribution in [0.4, 0.5) is 0 Å². The van der Waals surface area contributed by atoms with Gasteiger partial charge in [-0.3, -0.25) is 4.98 Å². The Bertz CT molecular complexity index is 280. The summed E-state index contributed by atoms with van der Waals surface area (Å²) in [6.45, 7) is 8.00. The van der Waals surface area contributed by atoms with Gasteiger partial charge in [-0.25, -0.2) is 0 Å². The topological polar surface area (TPSA) is 12.9 Å². The molecule has 15 heavy (non-hydrogen) atoms. The molecule has 0 unspecified atom stereocenters. The average molecular weight is 203 g/mol. The predicted molar refractivity (Wildman–Crippen MR) is 69.6 cm³/mol. The molecule has 0 amide bonds.